The normalized spacial score (nSPS) is 16.6. The quantitative estimate of drug-likeness (QED) is 0.498. The van der Waals surface area contributed by atoms with Crippen molar-refractivity contribution in [2.75, 3.05) is 0 Å². The SMILES string of the molecule is Cc1cc(O)c(O)c(Br)c1C1(N=C=O)CC1. The third kappa shape index (κ3) is 1.52. The van der Waals surface area contributed by atoms with Crippen LogP contribution in [-0.2, 0) is 10.3 Å². The second kappa shape index (κ2) is 3.61. The van der Waals surface area contributed by atoms with E-state index in [0.29, 0.717) is 4.47 Å². The van der Waals surface area contributed by atoms with Gasteiger partial charge in [0, 0.05) is 5.56 Å². The molecule has 1 aliphatic rings. The van der Waals surface area contributed by atoms with Gasteiger partial charge in [-0.2, -0.15) is 4.99 Å². The highest BCUT2D eigenvalue weighted by molar-refractivity contribution is 9.10. The lowest BCUT2D eigenvalue weighted by Crippen LogP contribution is -2.06. The van der Waals surface area contributed by atoms with Gasteiger partial charge in [-0.3, -0.25) is 0 Å². The maximum Gasteiger partial charge on any atom is 0.235 e. The van der Waals surface area contributed by atoms with Crippen molar-refractivity contribution < 1.29 is 15.0 Å². The molecular weight excluding hydrogens is 274 g/mol. The minimum atomic E-state index is -0.560. The van der Waals surface area contributed by atoms with Gasteiger partial charge in [0.2, 0.25) is 6.08 Å². The Morgan fingerprint density at radius 1 is 1.50 bits per heavy atom. The van der Waals surface area contributed by atoms with Gasteiger partial charge in [-0.05, 0) is 47.3 Å². The fourth-order valence-corrected chi connectivity index (χ4v) is 2.83. The van der Waals surface area contributed by atoms with E-state index in [4.69, 9.17) is 0 Å². The van der Waals surface area contributed by atoms with Crippen molar-refractivity contribution in [1.82, 2.24) is 0 Å². The number of aliphatic imine (C=N–C) groups is 1. The molecule has 4 nitrogen and oxygen atoms in total. The molecular formula is C11H10BrNO3. The third-order valence-corrected chi connectivity index (χ3v) is 3.64. The Kier molecular flexibility index (Phi) is 2.52. The van der Waals surface area contributed by atoms with Crippen LogP contribution in [0.2, 0.25) is 0 Å². The van der Waals surface area contributed by atoms with Crippen LogP contribution in [0, 0.1) is 6.92 Å². The molecule has 1 aromatic rings. The third-order valence-electron chi connectivity index (χ3n) is 2.87. The average Bonchev–Trinajstić information content (AvgIpc) is 2.96. The molecule has 0 atom stereocenters. The molecule has 0 aliphatic heterocycles. The lowest BCUT2D eigenvalue weighted by Gasteiger charge is -2.16. The predicted molar refractivity (Wildman–Crippen MR) is 61.2 cm³/mol. The van der Waals surface area contributed by atoms with Gasteiger partial charge in [0.25, 0.3) is 0 Å². The highest BCUT2D eigenvalue weighted by Crippen LogP contribution is 2.55. The van der Waals surface area contributed by atoms with E-state index >= 15 is 0 Å². The largest absolute Gasteiger partial charge is 0.504 e. The highest BCUT2D eigenvalue weighted by atomic mass is 79.9. The van der Waals surface area contributed by atoms with Crippen LogP contribution in [0.15, 0.2) is 15.5 Å². The number of benzene rings is 1. The molecule has 2 rings (SSSR count). The molecule has 0 unspecified atom stereocenters. The van der Waals surface area contributed by atoms with Crippen molar-refractivity contribution in [2.24, 2.45) is 4.99 Å². The summed E-state index contributed by atoms with van der Waals surface area (Å²) >= 11 is 3.23. The molecule has 1 fully saturated rings. The van der Waals surface area contributed by atoms with Crippen LogP contribution in [0.1, 0.15) is 24.0 Å². The zero-order valence-electron chi connectivity index (χ0n) is 8.62. The topological polar surface area (TPSA) is 69.9 Å². The van der Waals surface area contributed by atoms with Gasteiger partial charge in [0.1, 0.15) is 0 Å². The van der Waals surface area contributed by atoms with Crippen molar-refractivity contribution in [3.05, 3.63) is 21.7 Å². The van der Waals surface area contributed by atoms with Crippen molar-refractivity contribution in [3.8, 4) is 11.5 Å². The first-order chi connectivity index (χ1) is 7.52. The fraction of sp³-hybridized carbons (Fsp3) is 0.364. The molecule has 0 aromatic heterocycles. The molecule has 0 bridgehead atoms. The molecule has 1 saturated carbocycles. The maximum atomic E-state index is 10.4. The molecule has 0 spiro atoms. The van der Waals surface area contributed by atoms with Gasteiger partial charge in [-0.15, -0.1) is 0 Å². The van der Waals surface area contributed by atoms with E-state index in [0.717, 1.165) is 24.0 Å². The molecule has 0 saturated heterocycles. The van der Waals surface area contributed by atoms with Crippen LogP contribution in [0.25, 0.3) is 0 Å². The average molecular weight is 284 g/mol. The van der Waals surface area contributed by atoms with Crippen LogP contribution < -0.4 is 0 Å². The van der Waals surface area contributed by atoms with Gasteiger partial charge >= 0.3 is 0 Å². The Morgan fingerprint density at radius 3 is 2.62 bits per heavy atom. The van der Waals surface area contributed by atoms with E-state index in [9.17, 15) is 15.0 Å². The second-order valence-corrected chi connectivity index (χ2v) is 4.78. The van der Waals surface area contributed by atoms with Gasteiger partial charge in [-0.25, -0.2) is 4.79 Å². The van der Waals surface area contributed by atoms with Crippen LogP contribution >= 0.6 is 15.9 Å². The maximum absolute atomic E-state index is 10.4. The Hall–Kier alpha value is -1.32. The molecule has 0 heterocycles. The Bertz CT molecular complexity index is 502. The van der Waals surface area contributed by atoms with E-state index in [-0.39, 0.29) is 11.5 Å². The molecule has 2 N–H and O–H groups in total. The number of rotatable bonds is 2. The summed E-state index contributed by atoms with van der Waals surface area (Å²) in [6.07, 6.45) is 3.08. The lowest BCUT2D eigenvalue weighted by molar-refractivity contribution is 0.399. The van der Waals surface area contributed by atoms with E-state index < -0.39 is 5.54 Å². The van der Waals surface area contributed by atoms with E-state index in [1.165, 1.54) is 6.07 Å². The molecule has 1 aromatic carbocycles. The van der Waals surface area contributed by atoms with Crippen LogP contribution in [0.4, 0.5) is 0 Å². The zero-order valence-corrected chi connectivity index (χ0v) is 10.2. The second-order valence-electron chi connectivity index (χ2n) is 3.98. The van der Waals surface area contributed by atoms with Crippen molar-refractivity contribution in [3.63, 3.8) is 0 Å². The number of isocyanates is 1. The molecule has 84 valence electrons. The summed E-state index contributed by atoms with van der Waals surface area (Å²) in [5, 5.41) is 19.1. The van der Waals surface area contributed by atoms with Crippen LogP contribution in [0.5, 0.6) is 11.5 Å². The minimum absolute atomic E-state index is 0.181. The summed E-state index contributed by atoms with van der Waals surface area (Å²) in [6.45, 7) is 1.81. The number of hydrogen-bond donors (Lipinski definition) is 2. The summed E-state index contributed by atoms with van der Waals surface area (Å²) in [7, 11) is 0. The molecule has 5 heteroatoms. The monoisotopic (exact) mass is 283 g/mol. The van der Waals surface area contributed by atoms with E-state index in [1.54, 1.807) is 13.0 Å². The smallest absolute Gasteiger partial charge is 0.235 e. The molecule has 0 radical (unpaired) electrons. The number of hydrogen-bond acceptors (Lipinski definition) is 4. The van der Waals surface area contributed by atoms with Crippen LogP contribution in [-0.4, -0.2) is 16.3 Å². The predicted octanol–water partition coefficient (Wildman–Crippen LogP) is 2.49. The highest BCUT2D eigenvalue weighted by Gasteiger charge is 2.47. The van der Waals surface area contributed by atoms with E-state index in [2.05, 4.69) is 20.9 Å². The first-order valence-corrected chi connectivity index (χ1v) is 5.61. The molecule has 0 amide bonds. The molecule has 16 heavy (non-hydrogen) atoms. The Labute approximate surface area is 101 Å². The zero-order chi connectivity index (χ0) is 11.9. The van der Waals surface area contributed by atoms with Crippen molar-refractivity contribution >= 4 is 22.0 Å². The summed E-state index contributed by atoms with van der Waals surface area (Å²) in [5.41, 5.74) is 0.986. The summed E-state index contributed by atoms with van der Waals surface area (Å²) in [6, 6.07) is 1.47. The summed E-state index contributed by atoms with van der Waals surface area (Å²) in [4.78, 5) is 14.2. The first-order valence-electron chi connectivity index (χ1n) is 4.82. The molecule has 1 aliphatic carbocycles. The van der Waals surface area contributed by atoms with E-state index in [1.807, 2.05) is 0 Å². The number of aromatic hydroxyl groups is 2. The lowest BCUT2D eigenvalue weighted by atomic mass is 9.99. The van der Waals surface area contributed by atoms with Gasteiger partial charge in [0.05, 0.1) is 10.0 Å². The number of nitrogens with zero attached hydrogens (tertiary/aromatic N) is 1. The van der Waals surface area contributed by atoms with Crippen molar-refractivity contribution in [2.45, 2.75) is 25.3 Å². The number of phenolic OH excluding ortho intramolecular Hbond substituents is 2. The summed E-state index contributed by atoms with van der Waals surface area (Å²) in [5.74, 6) is -0.396. The number of carbonyl (C=O) groups excluding carboxylic acids is 1. The number of halogens is 1. The Morgan fingerprint density at radius 2 is 2.12 bits per heavy atom. The van der Waals surface area contributed by atoms with Crippen molar-refractivity contribution in [1.29, 1.82) is 0 Å². The standard InChI is InChI=1S/C11H10BrNO3/c1-6-4-7(15)10(16)9(12)8(6)11(2-3-11)13-5-14/h4,15-16H,2-3H2,1H3. The minimum Gasteiger partial charge on any atom is -0.504 e. The Balaban J connectivity index is 2.66. The van der Waals surface area contributed by atoms with Gasteiger partial charge < -0.3 is 10.2 Å². The fourth-order valence-electron chi connectivity index (χ4n) is 1.94. The summed E-state index contributed by atoms with van der Waals surface area (Å²) < 4.78 is 0.404. The first kappa shape index (κ1) is 11.2. The number of aryl methyl sites for hydroxylation is 1. The number of phenols is 2. The van der Waals surface area contributed by atoms with Gasteiger partial charge in [0.15, 0.2) is 11.5 Å². The van der Waals surface area contributed by atoms with Gasteiger partial charge in [-0.1, -0.05) is 0 Å². The van der Waals surface area contributed by atoms with Crippen LogP contribution in [0.3, 0.4) is 0 Å².